The van der Waals surface area contributed by atoms with Crippen molar-refractivity contribution in [2.75, 3.05) is 20.2 Å². The van der Waals surface area contributed by atoms with Crippen LogP contribution in [-0.2, 0) is 11.2 Å². The number of likely N-dealkylation sites (N-methyl/N-ethyl adjacent to an activating group) is 1. The molecule has 0 spiro atoms. The van der Waals surface area contributed by atoms with E-state index in [0.29, 0.717) is 12.1 Å². The molecule has 0 aliphatic rings. The van der Waals surface area contributed by atoms with E-state index >= 15 is 0 Å². The maximum atomic E-state index is 12.8. The Morgan fingerprint density at radius 3 is 2.87 bits per heavy atom. The van der Waals surface area contributed by atoms with E-state index in [9.17, 15) is 9.18 Å². The van der Waals surface area contributed by atoms with Crippen molar-refractivity contribution in [2.24, 2.45) is 0 Å². The van der Waals surface area contributed by atoms with Crippen molar-refractivity contribution < 1.29 is 14.3 Å². The van der Waals surface area contributed by atoms with Gasteiger partial charge < -0.3 is 10.0 Å². The predicted octanol–water partition coefficient (Wildman–Crippen LogP) is 0.819. The molecular weight excluding hydrogens is 197 g/mol. The standard InChI is InChI=1S/C11H14FNO2/c1-13(5-6-14)11(15)8-9-3-2-4-10(12)7-9/h2-4,7,14H,5-6,8H2,1H3. The van der Waals surface area contributed by atoms with Gasteiger partial charge in [-0.3, -0.25) is 4.79 Å². The number of rotatable bonds is 4. The van der Waals surface area contributed by atoms with E-state index in [2.05, 4.69) is 0 Å². The van der Waals surface area contributed by atoms with Gasteiger partial charge in [0, 0.05) is 13.6 Å². The van der Waals surface area contributed by atoms with Crippen LogP contribution in [0.15, 0.2) is 24.3 Å². The third-order valence-electron chi connectivity index (χ3n) is 2.11. The highest BCUT2D eigenvalue weighted by Crippen LogP contribution is 2.05. The Bertz CT molecular complexity index is 341. The van der Waals surface area contributed by atoms with Crippen LogP contribution in [0, 0.1) is 5.82 Å². The van der Waals surface area contributed by atoms with Crippen LogP contribution in [0.5, 0.6) is 0 Å². The van der Waals surface area contributed by atoms with Gasteiger partial charge in [-0.2, -0.15) is 0 Å². The second-order valence-electron chi connectivity index (χ2n) is 3.35. The van der Waals surface area contributed by atoms with Crippen LogP contribution in [0.1, 0.15) is 5.56 Å². The molecule has 0 atom stereocenters. The summed E-state index contributed by atoms with van der Waals surface area (Å²) in [5.74, 6) is -0.472. The number of nitrogens with zero attached hydrogens (tertiary/aromatic N) is 1. The molecule has 0 radical (unpaired) electrons. The van der Waals surface area contributed by atoms with Gasteiger partial charge in [0.05, 0.1) is 13.0 Å². The van der Waals surface area contributed by atoms with Crippen molar-refractivity contribution >= 4 is 5.91 Å². The lowest BCUT2D eigenvalue weighted by atomic mass is 10.1. The number of halogens is 1. The van der Waals surface area contributed by atoms with Gasteiger partial charge in [-0.15, -0.1) is 0 Å². The van der Waals surface area contributed by atoms with E-state index in [-0.39, 0.29) is 24.8 Å². The lowest BCUT2D eigenvalue weighted by Crippen LogP contribution is -2.30. The van der Waals surface area contributed by atoms with Crippen LogP contribution in [0.4, 0.5) is 4.39 Å². The Labute approximate surface area is 88.1 Å². The van der Waals surface area contributed by atoms with Crippen molar-refractivity contribution in [3.05, 3.63) is 35.6 Å². The van der Waals surface area contributed by atoms with Gasteiger partial charge >= 0.3 is 0 Å². The summed E-state index contributed by atoms with van der Waals surface area (Å²) in [6, 6.07) is 5.95. The molecule has 0 aromatic heterocycles. The van der Waals surface area contributed by atoms with E-state index < -0.39 is 0 Å². The Morgan fingerprint density at radius 1 is 1.53 bits per heavy atom. The van der Waals surface area contributed by atoms with Crippen molar-refractivity contribution in [3.63, 3.8) is 0 Å². The zero-order valence-corrected chi connectivity index (χ0v) is 8.61. The fraction of sp³-hybridized carbons (Fsp3) is 0.364. The Kier molecular flexibility index (Phi) is 4.24. The van der Waals surface area contributed by atoms with Crippen LogP contribution in [0.25, 0.3) is 0 Å². The third-order valence-corrected chi connectivity index (χ3v) is 2.11. The highest BCUT2D eigenvalue weighted by molar-refractivity contribution is 5.78. The molecule has 82 valence electrons. The highest BCUT2D eigenvalue weighted by atomic mass is 19.1. The smallest absolute Gasteiger partial charge is 0.226 e. The first kappa shape index (κ1) is 11.7. The van der Waals surface area contributed by atoms with Gasteiger partial charge in [-0.1, -0.05) is 12.1 Å². The highest BCUT2D eigenvalue weighted by Gasteiger charge is 2.08. The SMILES string of the molecule is CN(CCO)C(=O)Cc1cccc(F)c1. The summed E-state index contributed by atoms with van der Waals surface area (Å²) in [7, 11) is 1.61. The first-order valence-electron chi connectivity index (χ1n) is 4.72. The molecule has 1 aromatic carbocycles. The topological polar surface area (TPSA) is 40.5 Å². The fourth-order valence-corrected chi connectivity index (χ4v) is 1.23. The molecule has 0 saturated carbocycles. The lowest BCUT2D eigenvalue weighted by molar-refractivity contribution is -0.129. The molecule has 0 heterocycles. The van der Waals surface area contributed by atoms with Crippen molar-refractivity contribution in [1.29, 1.82) is 0 Å². The zero-order valence-electron chi connectivity index (χ0n) is 8.61. The average molecular weight is 211 g/mol. The summed E-state index contributed by atoms with van der Waals surface area (Å²) in [6.45, 7) is 0.236. The molecule has 1 amide bonds. The molecular formula is C11H14FNO2. The second kappa shape index (κ2) is 5.46. The average Bonchev–Trinajstić information content (AvgIpc) is 2.18. The molecule has 0 aliphatic carbocycles. The maximum Gasteiger partial charge on any atom is 0.226 e. The van der Waals surface area contributed by atoms with Gasteiger partial charge in [0.1, 0.15) is 5.82 Å². The third kappa shape index (κ3) is 3.67. The van der Waals surface area contributed by atoms with E-state index in [1.54, 1.807) is 19.2 Å². The molecule has 0 saturated heterocycles. The minimum atomic E-state index is -0.342. The van der Waals surface area contributed by atoms with Gasteiger partial charge in [0.15, 0.2) is 0 Å². The van der Waals surface area contributed by atoms with Gasteiger partial charge in [0.2, 0.25) is 5.91 Å². The zero-order chi connectivity index (χ0) is 11.3. The maximum absolute atomic E-state index is 12.8. The van der Waals surface area contributed by atoms with Gasteiger partial charge in [-0.05, 0) is 17.7 Å². The molecule has 4 heteroatoms. The Morgan fingerprint density at radius 2 is 2.27 bits per heavy atom. The van der Waals surface area contributed by atoms with Crippen LogP contribution < -0.4 is 0 Å². The van der Waals surface area contributed by atoms with E-state index in [4.69, 9.17) is 5.11 Å². The first-order chi connectivity index (χ1) is 7.13. The molecule has 1 N–H and O–H groups in total. The van der Waals surface area contributed by atoms with Crippen LogP contribution in [0.2, 0.25) is 0 Å². The normalized spacial score (nSPS) is 10.1. The number of benzene rings is 1. The summed E-state index contributed by atoms with van der Waals surface area (Å²) in [6.07, 6.45) is 0.161. The first-order valence-corrected chi connectivity index (χ1v) is 4.72. The quantitative estimate of drug-likeness (QED) is 0.801. The number of hydrogen-bond acceptors (Lipinski definition) is 2. The van der Waals surface area contributed by atoms with Crippen LogP contribution >= 0.6 is 0 Å². The minimum absolute atomic E-state index is 0.0641. The molecule has 15 heavy (non-hydrogen) atoms. The largest absolute Gasteiger partial charge is 0.395 e. The summed E-state index contributed by atoms with van der Waals surface area (Å²) in [5.41, 5.74) is 0.643. The van der Waals surface area contributed by atoms with Crippen molar-refractivity contribution in [3.8, 4) is 0 Å². The molecule has 0 aliphatic heterocycles. The van der Waals surface area contributed by atoms with Crippen molar-refractivity contribution in [2.45, 2.75) is 6.42 Å². The Balaban J connectivity index is 2.58. The molecule has 0 fully saturated rings. The summed E-state index contributed by atoms with van der Waals surface area (Å²) >= 11 is 0. The second-order valence-corrected chi connectivity index (χ2v) is 3.35. The fourth-order valence-electron chi connectivity index (χ4n) is 1.23. The van der Waals surface area contributed by atoms with Crippen LogP contribution in [-0.4, -0.2) is 36.1 Å². The van der Waals surface area contributed by atoms with Crippen LogP contribution in [0.3, 0.4) is 0 Å². The Hall–Kier alpha value is -1.42. The molecule has 1 aromatic rings. The number of carbonyl (C=O) groups is 1. The number of hydrogen-bond donors (Lipinski definition) is 1. The van der Waals surface area contributed by atoms with E-state index in [1.807, 2.05) is 0 Å². The molecule has 1 rings (SSSR count). The summed E-state index contributed by atoms with van der Waals surface area (Å²) in [5, 5.41) is 8.64. The van der Waals surface area contributed by atoms with Gasteiger partial charge in [0.25, 0.3) is 0 Å². The molecule has 0 unspecified atom stereocenters. The molecule has 0 bridgehead atoms. The van der Waals surface area contributed by atoms with Gasteiger partial charge in [-0.25, -0.2) is 4.39 Å². The number of amides is 1. The van der Waals surface area contributed by atoms with Crippen molar-refractivity contribution in [1.82, 2.24) is 4.90 Å². The summed E-state index contributed by atoms with van der Waals surface area (Å²) < 4.78 is 12.8. The van der Waals surface area contributed by atoms with E-state index in [0.717, 1.165) is 0 Å². The monoisotopic (exact) mass is 211 g/mol. The lowest BCUT2D eigenvalue weighted by Gasteiger charge is -2.15. The van der Waals surface area contributed by atoms with E-state index in [1.165, 1.54) is 17.0 Å². The molecule has 3 nitrogen and oxygen atoms in total. The predicted molar refractivity (Wildman–Crippen MR) is 54.8 cm³/mol. The number of aliphatic hydroxyl groups excluding tert-OH is 1. The number of aliphatic hydroxyl groups is 1. The summed E-state index contributed by atoms with van der Waals surface area (Å²) in [4.78, 5) is 12.9. The number of carbonyl (C=O) groups excluding carboxylic acids is 1. The minimum Gasteiger partial charge on any atom is -0.395 e.